The van der Waals surface area contributed by atoms with Crippen LogP contribution in [0.5, 0.6) is 11.5 Å². The molecule has 2 atom stereocenters. The first kappa shape index (κ1) is 28.3. The van der Waals surface area contributed by atoms with E-state index in [-0.39, 0.29) is 30.1 Å². The van der Waals surface area contributed by atoms with Crippen molar-refractivity contribution in [2.75, 3.05) is 37.3 Å². The zero-order valence-corrected chi connectivity index (χ0v) is 22.9. The van der Waals surface area contributed by atoms with Crippen molar-refractivity contribution < 1.29 is 35.9 Å². The van der Waals surface area contributed by atoms with Crippen molar-refractivity contribution in [3.8, 4) is 11.5 Å². The molecule has 2 amide bonds. The number of benzene rings is 2. The number of aromatic nitrogens is 1. The number of nitrogens with one attached hydrogen (secondary N) is 2. The van der Waals surface area contributed by atoms with Crippen molar-refractivity contribution in [1.82, 2.24) is 9.47 Å². The lowest BCUT2D eigenvalue weighted by Crippen LogP contribution is -2.50. The molecule has 1 fully saturated rings. The number of amides is 2. The van der Waals surface area contributed by atoms with Crippen molar-refractivity contribution in [2.24, 2.45) is 5.92 Å². The van der Waals surface area contributed by atoms with Gasteiger partial charge in [0.15, 0.2) is 0 Å². The summed E-state index contributed by atoms with van der Waals surface area (Å²) in [5.41, 5.74) is -0.846. The number of urea groups is 1. The molecule has 0 aliphatic carbocycles. The van der Waals surface area contributed by atoms with Gasteiger partial charge in [-0.25, -0.2) is 13.2 Å². The maximum absolute atomic E-state index is 13.3. The van der Waals surface area contributed by atoms with E-state index in [0.717, 1.165) is 24.6 Å². The van der Waals surface area contributed by atoms with Gasteiger partial charge in [0, 0.05) is 55.1 Å². The number of sulfonamides is 1. The summed E-state index contributed by atoms with van der Waals surface area (Å²) in [6.07, 6.45) is -3.98. The Bertz CT molecular complexity index is 1640. The molecular formula is C27H27F3N4O6S. The normalized spacial score (nSPS) is 18.3. The van der Waals surface area contributed by atoms with E-state index in [9.17, 15) is 31.2 Å². The lowest BCUT2D eigenvalue weighted by molar-refractivity contribution is -0.137. The fourth-order valence-corrected chi connectivity index (χ4v) is 6.42. The van der Waals surface area contributed by atoms with Crippen LogP contribution < -0.4 is 25.1 Å². The van der Waals surface area contributed by atoms with E-state index in [0.29, 0.717) is 42.0 Å². The molecule has 2 aromatic carbocycles. The molecule has 41 heavy (non-hydrogen) atoms. The van der Waals surface area contributed by atoms with Crippen LogP contribution in [0.25, 0.3) is 0 Å². The summed E-state index contributed by atoms with van der Waals surface area (Å²) in [5, 5.41) is 2.86. The fourth-order valence-electron chi connectivity index (χ4n) is 5.31. The minimum absolute atomic E-state index is 0.0696. The molecule has 2 bridgehead atoms. The Morgan fingerprint density at radius 2 is 1.68 bits per heavy atom. The first-order chi connectivity index (χ1) is 19.4. The summed E-state index contributed by atoms with van der Waals surface area (Å²) in [7, 11) is -1.45. The molecular weight excluding hydrogens is 565 g/mol. The van der Waals surface area contributed by atoms with Gasteiger partial charge in [-0.05, 0) is 42.7 Å². The number of nitrogens with zero attached hydrogens (tertiary/aromatic N) is 2. The van der Waals surface area contributed by atoms with E-state index in [2.05, 4.69) is 10.0 Å². The summed E-state index contributed by atoms with van der Waals surface area (Å²) < 4.78 is 79.1. The topological polar surface area (TPSA) is 119 Å². The minimum atomic E-state index is -4.72. The molecule has 2 aliphatic heterocycles. The van der Waals surface area contributed by atoms with Gasteiger partial charge < -0.3 is 24.3 Å². The van der Waals surface area contributed by atoms with Crippen molar-refractivity contribution >= 4 is 27.4 Å². The van der Waals surface area contributed by atoms with E-state index in [1.165, 1.54) is 24.9 Å². The number of pyridine rings is 1. The molecule has 1 saturated heterocycles. The zero-order valence-electron chi connectivity index (χ0n) is 22.1. The predicted octanol–water partition coefficient (Wildman–Crippen LogP) is 4.34. The monoisotopic (exact) mass is 592 g/mol. The number of carbonyl (C=O) groups is 1. The smallest absolute Gasteiger partial charge is 0.416 e. The maximum Gasteiger partial charge on any atom is 0.416 e. The van der Waals surface area contributed by atoms with E-state index in [4.69, 9.17) is 9.47 Å². The molecule has 0 saturated carbocycles. The zero-order chi connectivity index (χ0) is 29.5. The van der Waals surface area contributed by atoms with Crippen LogP contribution in [0.15, 0.2) is 64.3 Å². The van der Waals surface area contributed by atoms with Crippen LogP contribution >= 0.6 is 0 Å². The second kappa shape index (κ2) is 10.7. The van der Waals surface area contributed by atoms with Crippen LogP contribution in [-0.4, -0.2) is 51.2 Å². The number of fused-ring (bicyclic) bond motifs is 4. The van der Waals surface area contributed by atoms with E-state index >= 15 is 0 Å². The molecule has 218 valence electrons. The van der Waals surface area contributed by atoms with Gasteiger partial charge in [-0.1, -0.05) is 6.07 Å². The van der Waals surface area contributed by atoms with Crippen LogP contribution in [0.2, 0.25) is 0 Å². The third kappa shape index (κ3) is 5.82. The number of anilines is 2. The Kier molecular flexibility index (Phi) is 7.36. The fraction of sp³-hybridized carbons (Fsp3) is 0.333. The Hall–Kier alpha value is -4.20. The Morgan fingerprint density at radius 3 is 2.34 bits per heavy atom. The van der Waals surface area contributed by atoms with Crippen LogP contribution in [0, 0.1) is 5.92 Å². The third-order valence-electron chi connectivity index (χ3n) is 7.21. The van der Waals surface area contributed by atoms with Gasteiger partial charge in [0.1, 0.15) is 17.2 Å². The predicted molar refractivity (Wildman–Crippen MR) is 144 cm³/mol. The molecule has 2 N–H and O–H groups in total. The maximum atomic E-state index is 13.3. The summed E-state index contributed by atoms with van der Waals surface area (Å²) in [6.45, 7) is 0.953. The number of piperidine rings is 1. The number of rotatable bonds is 6. The number of hydrogen-bond donors (Lipinski definition) is 2. The lowest BCUT2D eigenvalue weighted by Gasteiger charge is -2.42. The van der Waals surface area contributed by atoms with Gasteiger partial charge >= 0.3 is 12.2 Å². The highest BCUT2D eigenvalue weighted by Gasteiger charge is 2.37. The van der Waals surface area contributed by atoms with Crippen LogP contribution in [0.3, 0.4) is 0 Å². The summed E-state index contributed by atoms with van der Waals surface area (Å²) in [4.78, 5) is 27.5. The first-order valence-electron chi connectivity index (χ1n) is 12.6. The SMILES string of the molecule is COc1cc(NC(=O)N2CC3CC(C2)c2ccc(NS(=O)(=O)c4cccc(C(F)(F)F)c4)c(=O)n2C3)cc(OC)c1. The molecule has 5 rings (SSSR count). The van der Waals surface area contributed by atoms with Crippen molar-refractivity contribution in [1.29, 1.82) is 0 Å². The molecule has 2 aliphatic rings. The molecule has 0 radical (unpaired) electrons. The molecule has 14 heteroatoms. The number of methoxy groups -OCH3 is 2. The van der Waals surface area contributed by atoms with Crippen molar-refractivity contribution in [2.45, 2.75) is 30.0 Å². The number of likely N-dealkylation sites (tertiary alicyclic amines) is 1. The molecule has 10 nitrogen and oxygen atoms in total. The Labute approximate surface area is 233 Å². The molecule has 2 unspecified atom stereocenters. The number of carbonyl (C=O) groups excluding carboxylic acids is 1. The summed E-state index contributed by atoms with van der Waals surface area (Å²) in [5.74, 6) is 0.792. The Morgan fingerprint density at radius 1 is 0.976 bits per heavy atom. The second-order valence-corrected chi connectivity index (χ2v) is 11.6. The van der Waals surface area contributed by atoms with E-state index in [1.54, 1.807) is 29.2 Å². The van der Waals surface area contributed by atoms with Crippen LogP contribution in [0.4, 0.5) is 29.3 Å². The van der Waals surface area contributed by atoms with Gasteiger partial charge in [-0.3, -0.25) is 9.52 Å². The van der Waals surface area contributed by atoms with Crippen molar-refractivity contribution in [3.63, 3.8) is 0 Å². The Balaban J connectivity index is 1.34. The van der Waals surface area contributed by atoms with Gasteiger partial charge in [-0.15, -0.1) is 0 Å². The molecule has 3 heterocycles. The highest BCUT2D eigenvalue weighted by atomic mass is 32.2. The number of alkyl halides is 3. The molecule has 0 spiro atoms. The highest BCUT2D eigenvalue weighted by molar-refractivity contribution is 7.92. The van der Waals surface area contributed by atoms with Crippen molar-refractivity contribution in [3.05, 3.63) is 76.2 Å². The van der Waals surface area contributed by atoms with Crippen LogP contribution in [0.1, 0.15) is 23.6 Å². The second-order valence-electron chi connectivity index (χ2n) is 9.95. The van der Waals surface area contributed by atoms with Gasteiger partial charge in [0.25, 0.3) is 15.6 Å². The standard InChI is InChI=1S/C27H27F3N4O6S/c1-39-20-10-19(11-21(12-20)40-2)31-26(36)33-13-16-8-17(15-33)24-7-6-23(25(35)34(24)14-16)32-41(37,38)22-5-3-4-18(9-22)27(28,29)30/h3-7,9-12,16-17,32H,8,13-15H2,1-2H3,(H,31,36). The minimum Gasteiger partial charge on any atom is -0.497 e. The van der Waals surface area contributed by atoms with Gasteiger partial charge in [0.05, 0.1) is 24.7 Å². The lowest BCUT2D eigenvalue weighted by atomic mass is 9.83. The number of halogens is 3. The van der Waals surface area contributed by atoms with Gasteiger partial charge in [-0.2, -0.15) is 13.2 Å². The number of ether oxygens (including phenoxy) is 2. The third-order valence-corrected chi connectivity index (χ3v) is 8.57. The quantitative estimate of drug-likeness (QED) is 0.440. The highest BCUT2D eigenvalue weighted by Crippen LogP contribution is 2.36. The summed E-state index contributed by atoms with van der Waals surface area (Å²) in [6, 6.07) is 10.9. The van der Waals surface area contributed by atoms with Crippen LogP contribution in [-0.2, 0) is 22.7 Å². The largest absolute Gasteiger partial charge is 0.497 e. The van der Waals surface area contributed by atoms with Gasteiger partial charge in [0.2, 0.25) is 0 Å². The number of hydrogen-bond acceptors (Lipinski definition) is 6. The first-order valence-corrected chi connectivity index (χ1v) is 14.1. The average Bonchev–Trinajstić information content (AvgIpc) is 2.94. The van der Waals surface area contributed by atoms with E-state index in [1.807, 2.05) is 0 Å². The van der Waals surface area contributed by atoms with E-state index < -0.39 is 32.2 Å². The molecule has 1 aromatic heterocycles. The average molecular weight is 593 g/mol. The summed E-state index contributed by atoms with van der Waals surface area (Å²) >= 11 is 0. The molecule has 3 aromatic rings.